The number of amides is 2. The van der Waals surface area contributed by atoms with Crippen molar-refractivity contribution in [1.82, 2.24) is 5.32 Å². The maximum atomic E-state index is 13.6. The number of ether oxygens (including phenoxy) is 1. The first-order valence-corrected chi connectivity index (χ1v) is 14.6. The number of hydrogen-bond acceptors (Lipinski definition) is 7. The van der Waals surface area contributed by atoms with Gasteiger partial charge in [-0.25, -0.2) is 10.1 Å². The van der Waals surface area contributed by atoms with Gasteiger partial charge in [0.25, 0.3) is 6.29 Å². The quantitative estimate of drug-likeness (QED) is 0.0876. The molecule has 40 heavy (non-hydrogen) atoms. The van der Waals surface area contributed by atoms with Crippen LogP contribution < -0.4 is 32.0 Å². The molecule has 1 aliphatic heterocycles. The van der Waals surface area contributed by atoms with Crippen LogP contribution in [0.2, 0.25) is 0 Å². The predicted octanol–water partition coefficient (Wildman–Crippen LogP) is 4.72. The molecule has 0 bridgehead atoms. The topological polar surface area (TPSA) is 135 Å². The van der Waals surface area contributed by atoms with Crippen molar-refractivity contribution in [3.63, 3.8) is 0 Å². The molecule has 4 rings (SSSR count). The Morgan fingerprint density at radius 1 is 1.10 bits per heavy atom. The molecule has 1 aliphatic rings. The largest absolute Gasteiger partial charge is 0.372 e. The number of anilines is 3. The molecule has 0 spiro atoms. The molecule has 1 fully saturated rings. The summed E-state index contributed by atoms with van der Waals surface area (Å²) in [5.74, 6) is 5.13. The van der Waals surface area contributed by atoms with Gasteiger partial charge in [0.1, 0.15) is 6.23 Å². The third-order valence-electron chi connectivity index (χ3n) is 6.86. The molecule has 212 valence electrons. The van der Waals surface area contributed by atoms with Gasteiger partial charge < -0.3 is 26.5 Å². The highest BCUT2D eigenvalue weighted by Crippen LogP contribution is 2.27. The van der Waals surface area contributed by atoms with Crippen molar-refractivity contribution >= 4 is 34.9 Å². The van der Waals surface area contributed by atoms with E-state index in [1.165, 1.54) is 24.9 Å². The van der Waals surface area contributed by atoms with E-state index in [0.717, 1.165) is 40.5 Å². The summed E-state index contributed by atoms with van der Waals surface area (Å²) >= 11 is 1.64. The number of methoxy groups -OCH3 is 1. The van der Waals surface area contributed by atoms with Crippen molar-refractivity contribution in [3.05, 3.63) is 83.9 Å². The molecule has 0 aliphatic carbocycles. The van der Waals surface area contributed by atoms with Crippen LogP contribution in [-0.4, -0.2) is 38.8 Å². The van der Waals surface area contributed by atoms with E-state index in [-0.39, 0.29) is 6.03 Å². The van der Waals surface area contributed by atoms with Gasteiger partial charge in [0, 0.05) is 42.2 Å². The lowest BCUT2D eigenvalue weighted by Gasteiger charge is -2.29. The lowest BCUT2D eigenvalue weighted by Crippen LogP contribution is -2.67. The number of nitrogens with zero attached hydrogens (tertiary/aromatic N) is 4. The number of carbonyl (C=O) groups excluding carboxylic acids is 1. The molecular formula is C29H39N8O2S+. The summed E-state index contributed by atoms with van der Waals surface area (Å²) in [6.45, 7) is 2.54. The fourth-order valence-electron chi connectivity index (χ4n) is 4.74. The highest BCUT2D eigenvalue weighted by Gasteiger charge is 2.20. The van der Waals surface area contributed by atoms with Crippen molar-refractivity contribution in [2.24, 2.45) is 16.2 Å². The fraction of sp³-hybridized carbons (Fsp3) is 0.345. The number of rotatable bonds is 11. The SMILES string of the molecule is COC(NC([NH3+])/N=N\N)c1ccc(CN(C(=O)Nc2cccc(SC)c2)c2ccc(N3CCCCC3)cc2)cc1. The normalized spacial score (nSPS) is 15.1. The molecule has 1 saturated heterocycles. The van der Waals surface area contributed by atoms with E-state index in [2.05, 4.69) is 43.7 Å². The summed E-state index contributed by atoms with van der Waals surface area (Å²) in [5.41, 5.74) is 8.48. The number of piperidine rings is 1. The number of urea groups is 1. The molecule has 7 N–H and O–H groups in total. The summed E-state index contributed by atoms with van der Waals surface area (Å²) in [6, 6.07) is 23.8. The monoisotopic (exact) mass is 563 g/mol. The van der Waals surface area contributed by atoms with Gasteiger partial charge >= 0.3 is 6.03 Å². The van der Waals surface area contributed by atoms with Gasteiger partial charge in [0.2, 0.25) is 0 Å². The molecular weight excluding hydrogens is 524 g/mol. The molecule has 3 aromatic carbocycles. The molecule has 2 atom stereocenters. The number of hydrogen-bond donors (Lipinski definition) is 4. The van der Waals surface area contributed by atoms with E-state index in [1.54, 1.807) is 23.8 Å². The van der Waals surface area contributed by atoms with E-state index in [0.29, 0.717) is 6.54 Å². The minimum atomic E-state index is -0.550. The number of nitrogens with two attached hydrogens (primary N) is 1. The Kier molecular flexibility index (Phi) is 10.8. The first-order chi connectivity index (χ1) is 19.5. The standard InChI is InChI=1S/C29H38N8O2S/c1-39-27(33-28(30)34-35-31)22-11-9-21(10-12-22)20-37(29(38)32-23-7-6-8-26(19-23)40-2)25-15-13-24(14-16-25)36-17-4-3-5-18-36/h6-16,19,27-28,33H,3-5,17-18,20,30H2,1-2H3,(H2,31,34)(H,32,38)/p+1. The summed E-state index contributed by atoms with van der Waals surface area (Å²) in [5, 5.41) is 13.2. The van der Waals surface area contributed by atoms with E-state index >= 15 is 0 Å². The Hall–Kier alpha value is -3.64. The molecule has 0 radical (unpaired) electrons. The van der Waals surface area contributed by atoms with Crippen LogP contribution in [0.5, 0.6) is 0 Å². The van der Waals surface area contributed by atoms with E-state index in [4.69, 9.17) is 10.6 Å². The maximum Gasteiger partial charge on any atom is 0.326 e. The van der Waals surface area contributed by atoms with Crippen LogP contribution in [0, 0.1) is 0 Å². The molecule has 2 unspecified atom stereocenters. The average molecular weight is 564 g/mol. The Balaban J connectivity index is 1.55. The Morgan fingerprint density at radius 3 is 2.48 bits per heavy atom. The van der Waals surface area contributed by atoms with E-state index in [9.17, 15) is 4.79 Å². The molecule has 10 nitrogen and oxygen atoms in total. The van der Waals surface area contributed by atoms with Gasteiger partial charge in [-0.2, -0.15) is 0 Å². The number of quaternary nitrogens is 1. The average Bonchev–Trinajstić information content (AvgIpc) is 3.00. The Labute approximate surface area is 240 Å². The second kappa shape index (κ2) is 14.7. The third kappa shape index (κ3) is 7.95. The predicted molar refractivity (Wildman–Crippen MR) is 161 cm³/mol. The first-order valence-electron chi connectivity index (χ1n) is 13.4. The molecule has 3 aromatic rings. The van der Waals surface area contributed by atoms with Gasteiger partial charge in [0.15, 0.2) is 0 Å². The van der Waals surface area contributed by atoms with Crippen LogP contribution >= 0.6 is 11.8 Å². The number of nitrogens with one attached hydrogen (secondary N) is 2. The van der Waals surface area contributed by atoms with Gasteiger partial charge in [-0.05, 0) is 79.1 Å². The zero-order chi connectivity index (χ0) is 28.3. The molecule has 11 heteroatoms. The van der Waals surface area contributed by atoms with Gasteiger partial charge in [-0.1, -0.05) is 40.7 Å². The fourth-order valence-corrected chi connectivity index (χ4v) is 5.20. The van der Waals surface area contributed by atoms with Crippen molar-refractivity contribution in [2.45, 2.75) is 43.2 Å². The Morgan fingerprint density at radius 2 is 1.82 bits per heavy atom. The van der Waals surface area contributed by atoms with Crippen LogP contribution in [0.4, 0.5) is 21.9 Å². The number of thioether (sulfide) groups is 1. The van der Waals surface area contributed by atoms with Crippen molar-refractivity contribution in [1.29, 1.82) is 0 Å². The van der Waals surface area contributed by atoms with Crippen LogP contribution in [0.1, 0.15) is 36.6 Å². The molecule has 1 heterocycles. The maximum absolute atomic E-state index is 13.6. The second-order valence-corrected chi connectivity index (χ2v) is 10.5. The molecule has 2 amide bonds. The van der Waals surface area contributed by atoms with Crippen LogP contribution in [-0.2, 0) is 11.3 Å². The van der Waals surface area contributed by atoms with Crippen molar-refractivity contribution in [3.8, 4) is 0 Å². The second-order valence-electron chi connectivity index (χ2n) is 9.58. The molecule has 0 saturated carbocycles. The summed E-state index contributed by atoms with van der Waals surface area (Å²) in [4.78, 5) is 18.9. The lowest BCUT2D eigenvalue weighted by molar-refractivity contribution is -0.433. The van der Waals surface area contributed by atoms with Crippen LogP contribution in [0.3, 0.4) is 0 Å². The molecule has 0 aromatic heterocycles. The van der Waals surface area contributed by atoms with Crippen LogP contribution in [0.25, 0.3) is 0 Å². The Bertz CT molecular complexity index is 1250. The van der Waals surface area contributed by atoms with Crippen molar-refractivity contribution in [2.75, 3.05) is 41.6 Å². The van der Waals surface area contributed by atoms with Gasteiger partial charge in [-0.15, -0.1) is 11.8 Å². The summed E-state index contributed by atoms with van der Waals surface area (Å²) in [7, 11) is 1.60. The van der Waals surface area contributed by atoms with Gasteiger partial charge in [0.05, 0.1) is 6.54 Å². The minimum absolute atomic E-state index is 0.198. The number of benzene rings is 3. The first kappa shape index (κ1) is 29.3. The summed E-state index contributed by atoms with van der Waals surface area (Å²) in [6.07, 6.45) is 4.75. The highest BCUT2D eigenvalue weighted by atomic mass is 32.2. The number of carbonyl (C=O) groups is 1. The lowest BCUT2D eigenvalue weighted by atomic mass is 10.1. The summed E-state index contributed by atoms with van der Waals surface area (Å²) < 4.78 is 5.55. The smallest absolute Gasteiger partial charge is 0.326 e. The van der Waals surface area contributed by atoms with E-state index < -0.39 is 12.5 Å². The highest BCUT2D eigenvalue weighted by molar-refractivity contribution is 7.98. The minimum Gasteiger partial charge on any atom is -0.372 e. The van der Waals surface area contributed by atoms with Gasteiger partial charge in [-0.3, -0.25) is 4.90 Å². The van der Waals surface area contributed by atoms with Crippen LogP contribution in [0.15, 0.2) is 88.0 Å². The third-order valence-corrected chi connectivity index (χ3v) is 7.58. The van der Waals surface area contributed by atoms with Crippen molar-refractivity contribution < 1.29 is 15.3 Å². The zero-order valence-electron chi connectivity index (χ0n) is 23.1. The zero-order valence-corrected chi connectivity index (χ0v) is 23.9. The van der Waals surface area contributed by atoms with E-state index in [1.807, 2.05) is 66.9 Å².